The molecule has 0 atom stereocenters. The van der Waals surface area contributed by atoms with E-state index in [4.69, 9.17) is 0 Å². The standard InChI is InChI=1S/C9H8F4/c1-2-5-3-6(10)8(9(12)13)7(11)4-5/h3-4,9H,2H2,1H3. The highest BCUT2D eigenvalue weighted by Gasteiger charge is 2.19. The van der Waals surface area contributed by atoms with Gasteiger partial charge in [-0.25, -0.2) is 17.6 Å². The molecule has 0 aliphatic heterocycles. The second-order valence-electron chi connectivity index (χ2n) is 2.63. The van der Waals surface area contributed by atoms with Crippen molar-refractivity contribution in [3.8, 4) is 0 Å². The van der Waals surface area contributed by atoms with Crippen LogP contribution in [-0.2, 0) is 6.42 Å². The first kappa shape index (κ1) is 10.0. The van der Waals surface area contributed by atoms with E-state index in [0.29, 0.717) is 12.0 Å². The van der Waals surface area contributed by atoms with Crippen molar-refractivity contribution in [2.45, 2.75) is 19.8 Å². The molecule has 0 aliphatic rings. The normalized spacial score (nSPS) is 10.9. The zero-order chi connectivity index (χ0) is 10.0. The van der Waals surface area contributed by atoms with Crippen molar-refractivity contribution in [3.05, 3.63) is 34.9 Å². The van der Waals surface area contributed by atoms with Gasteiger partial charge in [0.1, 0.15) is 11.6 Å². The van der Waals surface area contributed by atoms with Gasteiger partial charge in [-0.15, -0.1) is 0 Å². The summed E-state index contributed by atoms with van der Waals surface area (Å²) in [6.45, 7) is 1.69. The van der Waals surface area contributed by atoms with E-state index in [9.17, 15) is 17.6 Å². The number of hydrogen-bond acceptors (Lipinski definition) is 0. The van der Waals surface area contributed by atoms with Gasteiger partial charge in [-0.2, -0.15) is 0 Å². The van der Waals surface area contributed by atoms with Crippen molar-refractivity contribution in [1.82, 2.24) is 0 Å². The molecule has 13 heavy (non-hydrogen) atoms. The Morgan fingerprint density at radius 2 is 1.62 bits per heavy atom. The number of aryl methyl sites for hydroxylation is 1. The second kappa shape index (κ2) is 3.77. The van der Waals surface area contributed by atoms with Crippen LogP contribution in [0.25, 0.3) is 0 Å². The van der Waals surface area contributed by atoms with E-state index < -0.39 is 23.6 Å². The predicted molar refractivity (Wildman–Crippen MR) is 40.7 cm³/mol. The third kappa shape index (κ3) is 1.99. The highest BCUT2D eigenvalue weighted by molar-refractivity contribution is 5.27. The maximum atomic E-state index is 12.8. The Balaban J connectivity index is 3.23. The molecule has 0 aliphatic carbocycles. The lowest BCUT2D eigenvalue weighted by Gasteiger charge is -2.05. The first-order chi connectivity index (χ1) is 6.06. The zero-order valence-electron chi connectivity index (χ0n) is 6.95. The number of rotatable bonds is 2. The lowest BCUT2D eigenvalue weighted by molar-refractivity contribution is 0.141. The molecule has 0 unspecified atom stereocenters. The number of hydrogen-bond donors (Lipinski definition) is 0. The van der Waals surface area contributed by atoms with Crippen LogP contribution in [0.15, 0.2) is 12.1 Å². The van der Waals surface area contributed by atoms with Crippen molar-refractivity contribution in [3.63, 3.8) is 0 Å². The fraction of sp³-hybridized carbons (Fsp3) is 0.333. The van der Waals surface area contributed by atoms with Crippen LogP contribution in [0.5, 0.6) is 0 Å². The molecule has 0 saturated carbocycles. The molecule has 1 rings (SSSR count). The van der Waals surface area contributed by atoms with Gasteiger partial charge in [0, 0.05) is 0 Å². The van der Waals surface area contributed by atoms with Gasteiger partial charge in [0.15, 0.2) is 0 Å². The van der Waals surface area contributed by atoms with Gasteiger partial charge >= 0.3 is 0 Å². The molecule has 1 aromatic carbocycles. The van der Waals surface area contributed by atoms with E-state index in [2.05, 4.69) is 0 Å². The zero-order valence-corrected chi connectivity index (χ0v) is 6.95. The summed E-state index contributed by atoms with van der Waals surface area (Å²) in [5.41, 5.74) is -0.767. The van der Waals surface area contributed by atoms with Crippen molar-refractivity contribution in [2.24, 2.45) is 0 Å². The second-order valence-corrected chi connectivity index (χ2v) is 2.63. The molecule has 0 spiro atoms. The van der Waals surface area contributed by atoms with Crippen LogP contribution in [0, 0.1) is 11.6 Å². The summed E-state index contributed by atoms with van der Waals surface area (Å²) >= 11 is 0. The Morgan fingerprint density at radius 1 is 1.15 bits per heavy atom. The highest BCUT2D eigenvalue weighted by Crippen LogP contribution is 2.26. The summed E-state index contributed by atoms with van der Waals surface area (Å²) in [5, 5.41) is 0. The third-order valence-electron chi connectivity index (χ3n) is 1.77. The number of benzene rings is 1. The molecule has 0 amide bonds. The Kier molecular flexibility index (Phi) is 2.90. The van der Waals surface area contributed by atoms with Gasteiger partial charge in [0.2, 0.25) is 0 Å². The third-order valence-corrected chi connectivity index (χ3v) is 1.77. The maximum absolute atomic E-state index is 12.8. The van der Waals surface area contributed by atoms with E-state index in [-0.39, 0.29) is 0 Å². The molecule has 0 heterocycles. The molecule has 1 aromatic rings. The van der Waals surface area contributed by atoms with Crippen LogP contribution in [-0.4, -0.2) is 0 Å². The summed E-state index contributed by atoms with van der Waals surface area (Å²) in [6.07, 6.45) is -2.69. The lowest BCUT2D eigenvalue weighted by Crippen LogP contribution is -1.98. The largest absolute Gasteiger partial charge is 0.269 e. The van der Waals surface area contributed by atoms with Gasteiger partial charge in [-0.1, -0.05) is 6.92 Å². The predicted octanol–water partition coefficient (Wildman–Crippen LogP) is 3.46. The van der Waals surface area contributed by atoms with E-state index in [1.807, 2.05) is 0 Å². The Hall–Kier alpha value is -1.06. The van der Waals surface area contributed by atoms with E-state index in [1.54, 1.807) is 6.92 Å². The van der Waals surface area contributed by atoms with Gasteiger partial charge in [-0.05, 0) is 24.1 Å². The van der Waals surface area contributed by atoms with Crippen molar-refractivity contribution < 1.29 is 17.6 Å². The Morgan fingerprint density at radius 3 is 1.92 bits per heavy atom. The van der Waals surface area contributed by atoms with Crippen LogP contribution >= 0.6 is 0 Å². The van der Waals surface area contributed by atoms with Crippen molar-refractivity contribution >= 4 is 0 Å². The number of halogens is 4. The fourth-order valence-corrected chi connectivity index (χ4v) is 1.05. The van der Waals surface area contributed by atoms with E-state index in [0.717, 1.165) is 12.1 Å². The van der Waals surface area contributed by atoms with Gasteiger partial charge in [0.25, 0.3) is 6.43 Å². The maximum Gasteiger partial charge on any atom is 0.269 e. The summed E-state index contributed by atoms with van der Waals surface area (Å²) in [5.74, 6) is -2.35. The average Bonchev–Trinajstić information content (AvgIpc) is 2.02. The van der Waals surface area contributed by atoms with E-state index >= 15 is 0 Å². The summed E-state index contributed by atoms with van der Waals surface area (Å²) in [7, 11) is 0. The van der Waals surface area contributed by atoms with Crippen LogP contribution in [0.3, 0.4) is 0 Å². The molecule has 0 nitrogen and oxygen atoms in total. The first-order valence-corrected chi connectivity index (χ1v) is 3.82. The molecule has 0 fully saturated rings. The summed E-state index contributed by atoms with van der Waals surface area (Å²) in [6, 6.07) is 1.87. The molecule has 72 valence electrons. The topological polar surface area (TPSA) is 0 Å². The van der Waals surface area contributed by atoms with Gasteiger partial charge in [-0.3, -0.25) is 0 Å². The number of alkyl halides is 2. The SMILES string of the molecule is CCc1cc(F)c(C(F)F)c(F)c1. The van der Waals surface area contributed by atoms with Crippen LogP contribution < -0.4 is 0 Å². The monoisotopic (exact) mass is 192 g/mol. The van der Waals surface area contributed by atoms with Gasteiger partial charge < -0.3 is 0 Å². The summed E-state index contributed by atoms with van der Waals surface area (Å²) < 4.78 is 49.7. The smallest absolute Gasteiger partial charge is 0.206 e. The summed E-state index contributed by atoms with van der Waals surface area (Å²) in [4.78, 5) is 0. The molecular formula is C9H8F4. The molecule has 0 bridgehead atoms. The van der Waals surface area contributed by atoms with Crippen molar-refractivity contribution in [1.29, 1.82) is 0 Å². The van der Waals surface area contributed by atoms with Crippen LogP contribution in [0.2, 0.25) is 0 Å². The quantitative estimate of drug-likeness (QED) is 0.629. The fourth-order valence-electron chi connectivity index (χ4n) is 1.05. The first-order valence-electron chi connectivity index (χ1n) is 3.82. The molecule has 0 radical (unpaired) electrons. The molecule has 0 N–H and O–H groups in total. The molecule has 0 aromatic heterocycles. The van der Waals surface area contributed by atoms with Gasteiger partial charge in [0.05, 0.1) is 5.56 Å². The molecular weight excluding hydrogens is 184 g/mol. The Labute approximate surface area is 73.2 Å². The lowest BCUT2D eigenvalue weighted by atomic mass is 10.1. The average molecular weight is 192 g/mol. The molecule has 4 heteroatoms. The van der Waals surface area contributed by atoms with Crippen LogP contribution in [0.4, 0.5) is 17.6 Å². The van der Waals surface area contributed by atoms with Crippen LogP contribution in [0.1, 0.15) is 24.5 Å². The highest BCUT2D eigenvalue weighted by atomic mass is 19.3. The van der Waals surface area contributed by atoms with Crippen molar-refractivity contribution in [2.75, 3.05) is 0 Å². The minimum Gasteiger partial charge on any atom is -0.206 e. The molecule has 0 saturated heterocycles. The minimum absolute atomic E-state index is 0.374. The minimum atomic E-state index is -3.11. The van der Waals surface area contributed by atoms with E-state index in [1.165, 1.54) is 0 Å². The Bertz CT molecular complexity index is 283.